The van der Waals surface area contributed by atoms with E-state index < -0.39 is 0 Å². The average Bonchev–Trinajstić information content (AvgIpc) is 2.46. The molecular weight excluding hydrogens is 371 g/mol. The lowest BCUT2D eigenvalue weighted by atomic mass is 9.65. The van der Waals surface area contributed by atoms with Crippen LogP contribution in [-0.2, 0) is 4.79 Å². The second kappa shape index (κ2) is 8.13. The molecule has 2 unspecified atom stereocenters. The smallest absolute Gasteiger partial charge is 0.227 e. The molecule has 0 aromatic heterocycles. The third-order valence-electron chi connectivity index (χ3n) is 5.25. The summed E-state index contributed by atoms with van der Waals surface area (Å²) in [6.07, 6.45) is 5.27. The monoisotopic (exact) mass is 392 g/mol. The highest BCUT2D eigenvalue weighted by Gasteiger charge is 2.40. The molecule has 1 aromatic rings. The molecule has 2 fully saturated rings. The maximum Gasteiger partial charge on any atom is 0.227 e. The number of carbonyl (C=O) groups is 1. The Hall–Kier alpha value is -0.680. The maximum atomic E-state index is 12.6. The Labute approximate surface area is 158 Å². The molecule has 3 N–H and O–H groups in total. The molecule has 7 heteroatoms. The molecule has 3 rings (SSSR count). The van der Waals surface area contributed by atoms with Crippen molar-refractivity contribution >= 4 is 47.2 Å². The first-order valence-corrected chi connectivity index (χ1v) is 8.84. The number of amides is 1. The quantitative estimate of drug-likeness (QED) is 0.793. The van der Waals surface area contributed by atoms with Crippen LogP contribution in [0.2, 0.25) is 10.0 Å². The zero-order chi connectivity index (χ0) is 16.6. The van der Waals surface area contributed by atoms with Crippen LogP contribution in [0.5, 0.6) is 5.75 Å². The van der Waals surface area contributed by atoms with Gasteiger partial charge in [0.05, 0.1) is 17.2 Å². The SMILES string of the molecule is COc1c(Cl)cc(NC(=O)C2CC3CCCC(C2)C3N)cc1Cl.Cl. The molecule has 2 atom stereocenters. The number of hydrogen-bond acceptors (Lipinski definition) is 3. The number of fused-ring (bicyclic) bond motifs is 2. The Kier molecular flexibility index (Phi) is 6.66. The minimum atomic E-state index is 0. The molecule has 0 radical (unpaired) electrons. The fourth-order valence-corrected chi connectivity index (χ4v) is 4.72. The molecule has 2 aliphatic carbocycles. The number of ether oxygens (including phenoxy) is 1. The van der Waals surface area contributed by atoms with E-state index in [0.29, 0.717) is 33.3 Å². The lowest BCUT2D eigenvalue weighted by Crippen LogP contribution is -2.48. The van der Waals surface area contributed by atoms with Crippen molar-refractivity contribution in [3.8, 4) is 5.75 Å². The van der Waals surface area contributed by atoms with Crippen LogP contribution in [0.4, 0.5) is 5.69 Å². The third-order valence-corrected chi connectivity index (χ3v) is 5.82. The Balaban J connectivity index is 0.00000208. The molecule has 0 saturated heterocycles. The summed E-state index contributed by atoms with van der Waals surface area (Å²) in [4.78, 5) is 12.6. The first-order chi connectivity index (χ1) is 11.0. The second-order valence-corrected chi connectivity index (χ2v) is 7.47. The number of hydrogen-bond donors (Lipinski definition) is 2. The van der Waals surface area contributed by atoms with E-state index in [0.717, 1.165) is 25.7 Å². The summed E-state index contributed by atoms with van der Waals surface area (Å²) >= 11 is 12.2. The highest BCUT2D eigenvalue weighted by molar-refractivity contribution is 6.37. The lowest BCUT2D eigenvalue weighted by Gasteiger charge is -2.43. The van der Waals surface area contributed by atoms with E-state index in [2.05, 4.69) is 5.32 Å². The average molecular weight is 394 g/mol. The van der Waals surface area contributed by atoms with Crippen molar-refractivity contribution < 1.29 is 9.53 Å². The van der Waals surface area contributed by atoms with Gasteiger partial charge in [0.2, 0.25) is 5.91 Å². The largest absolute Gasteiger partial charge is 0.494 e. The molecule has 1 amide bonds. The van der Waals surface area contributed by atoms with Gasteiger partial charge < -0.3 is 15.8 Å². The summed E-state index contributed by atoms with van der Waals surface area (Å²) in [6, 6.07) is 3.59. The maximum absolute atomic E-state index is 12.6. The molecule has 24 heavy (non-hydrogen) atoms. The van der Waals surface area contributed by atoms with E-state index in [1.807, 2.05) is 0 Å². The fraction of sp³-hybridized carbons (Fsp3) is 0.588. The molecule has 2 saturated carbocycles. The van der Waals surface area contributed by atoms with Gasteiger partial charge in [0.25, 0.3) is 0 Å². The predicted molar refractivity (Wildman–Crippen MR) is 100 cm³/mol. The predicted octanol–water partition coefficient (Wildman–Crippen LogP) is 4.52. The zero-order valence-corrected chi connectivity index (χ0v) is 15.9. The van der Waals surface area contributed by atoms with Crippen LogP contribution in [0.3, 0.4) is 0 Å². The molecule has 134 valence electrons. The topological polar surface area (TPSA) is 64.3 Å². The van der Waals surface area contributed by atoms with E-state index in [-0.39, 0.29) is 30.3 Å². The third kappa shape index (κ3) is 3.93. The molecule has 1 aromatic carbocycles. The highest BCUT2D eigenvalue weighted by atomic mass is 35.5. The molecular formula is C17H23Cl3N2O2. The number of benzene rings is 1. The molecule has 2 bridgehead atoms. The van der Waals surface area contributed by atoms with Crippen molar-refractivity contribution in [3.05, 3.63) is 22.2 Å². The summed E-state index contributed by atoms with van der Waals surface area (Å²) in [5, 5.41) is 3.72. The first-order valence-electron chi connectivity index (χ1n) is 8.09. The van der Waals surface area contributed by atoms with Crippen molar-refractivity contribution in [1.29, 1.82) is 0 Å². The van der Waals surface area contributed by atoms with Crippen molar-refractivity contribution in [2.24, 2.45) is 23.5 Å². The fourth-order valence-electron chi connectivity index (χ4n) is 4.07. The van der Waals surface area contributed by atoms with Gasteiger partial charge >= 0.3 is 0 Å². The molecule has 4 nitrogen and oxygen atoms in total. The van der Waals surface area contributed by atoms with Gasteiger partial charge in [-0.25, -0.2) is 0 Å². The van der Waals surface area contributed by atoms with E-state index >= 15 is 0 Å². The van der Waals surface area contributed by atoms with Gasteiger partial charge in [-0.15, -0.1) is 12.4 Å². The van der Waals surface area contributed by atoms with Crippen LogP contribution in [0.1, 0.15) is 32.1 Å². The van der Waals surface area contributed by atoms with Crippen molar-refractivity contribution in [1.82, 2.24) is 0 Å². The van der Waals surface area contributed by atoms with Gasteiger partial charge in [-0.2, -0.15) is 0 Å². The Morgan fingerprint density at radius 1 is 1.21 bits per heavy atom. The summed E-state index contributed by atoms with van der Waals surface area (Å²) in [5.41, 5.74) is 6.89. The number of anilines is 1. The molecule has 0 aliphatic heterocycles. The van der Waals surface area contributed by atoms with Crippen LogP contribution in [-0.4, -0.2) is 19.1 Å². The van der Waals surface area contributed by atoms with Gasteiger partial charge in [0.15, 0.2) is 5.75 Å². The normalized spacial score (nSPS) is 28.7. The van der Waals surface area contributed by atoms with E-state index in [4.69, 9.17) is 33.7 Å². The Morgan fingerprint density at radius 3 is 2.25 bits per heavy atom. The Morgan fingerprint density at radius 2 is 1.75 bits per heavy atom. The minimum absolute atomic E-state index is 0. The van der Waals surface area contributed by atoms with Crippen molar-refractivity contribution in [2.45, 2.75) is 38.1 Å². The van der Waals surface area contributed by atoms with Gasteiger partial charge in [-0.3, -0.25) is 4.79 Å². The number of carbonyl (C=O) groups excluding carboxylic acids is 1. The number of methoxy groups -OCH3 is 1. The van der Waals surface area contributed by atoms with Crippen LogP contribution < -0.4 is 15.8 Å². The van der Waals surface area contributed by atoms with E-state index in [1.54, 1.807) is 12.1 Å². The summed E-state index contributed by atoms with van der Waals surface area (Å²) in [7, 11) is 1.51. The van der Waals surface area contributed by atoms with Crippen molar-refractivity contribution in [2.75, 3.05) is 12.4 Å². The van der Waals surface area contributed by atoms with Gasteiger partial charge in [-0.1, -0.05) is 29.6 Å². The summed E-state index contributed by atoms with van der Waals surface area (Å²) in [5.74, 6) is 1.42. The number of nitrogens with one attached hydrogen (secondary N) is 1. The lowest BCUT2D eigenvalue weighted by molar-refractivity contribution is -0.122. The summed E-state index contributed by atoms with van der Waals surface area (Å²) < 4.78 is 5.12. The van der Waals surface area contributed by atoms with Gasteiger partial charge in [-0.05, 0) is 49.7 Å². The highest BCUT2D eigenvalue weighted by Crippen LogP contribution is 2.42. The number of rotatable bonds is 3. The van der Waals surface area contributed by atoms with Crippen LogP contribution in [0, 0.1) is 17.8 Å². The minimum Gasteiger partial charge on any atom is -0.494 e. The Bertz CT molecular complexity index is 574. The van der Waals surface area contributed by atoms with E-state index in [9.17, 15) is 4.79 Å². The first kappa shape index (κ1) is 19.6. The number of halogens is 3. The van der Waals surface area contributed by atoms with Gasteiger partial charge in [0.1, 0.15) is 0 Å². The second-order valence-electron chi connectivity index (χ2n) is 6.66. The standard InChI is InChI=1S/C17H22Cl2N2O2.ClH/c1-23-16-13(18)7-12(8-14(16)19)21-17(22)11-5-9-3-2-4-10(6-11)15(9)20;/h7-11,15H,2-6,20H2,1H3,(H,21,22);1H. The molecule has 0 heterocycles. The molecule has 2 aliphatic rings. The van der Waals surface area contributed by atoms with Gasteiger partial charge in [0, 0.05) is 17.6 Å². The molecule has 0 spiro atoms. The number of nitrogens with two attached hydrogens (primary N) is 1. The van der Waals surface area contributed by atoms with Crippen LogP contribution >= 0.6 is 35.6 Å². The zero-order valence-electron chi connectivity index (χ0n) is 13.6. The summed E-state index contributed by atoms with van der Waals surface area (Å²) in [6.45, 7) is 0. The van der Waals surface area contributed by atoms with Crippen LogP contribution in [0.25, 0.3) is 0 Å². The van der Waals surface area contributed by atoms with E-state index in [1.165, 1.54) is 13.5 Å². The van der Waals surface area contributed by atoms with Crippen molar-refractivity contribution in [3.63, 3.8) is 0 Å². The van der Waals surface area contributed by atoms with Crippen LogP contribution in [0.15, 0.2) is 12.1 Å².